The molecule has 0 fully saturated rings. The van der Waals surface area contributed by atoms with Gasteiger partial charge in [-0.1, -0.05) is 13.5 Å². The second-order valence-corrected chi connectivity index (χ2v) is 2.34. The van der Waals surface area contributed by atoms with Crippen LogP contribution >= 0.6 is 0 Å². The second kappa shape index (κ2) is 5.41. The highest BCUT2D eigenvalue weighted by Gasteiger charge is 2.03. The van der Waals surface area contributed by atoms with E-state index in [1.807, 2.05) is 13.8 Å². The third-order valence-corrected chi connectivity index (χ3v) is 1.57. The number of nitrogens with zero attached hydrogens (tertiary/aromatic N) is 1. The zero-order chi connectivity index (χ0) is 9.56. The van der Waals surface area contributed by atoms with Crippen LogP contribution in [-0.2, 0) is 0 Å². The van der Waals surface area contributed by atoms with Gasteiger partial charge >= 0.3 is 0 Å². The number of nitrogens with one attached hydrogen (secondary N) is 1. The Labute approximate surface area is 73.5 Å². The van der Waals surface area contributed by atoms with Gasteiger partial charge in [-0.3, -0.25) is 0 Å². The van der Waals surface area contributed by atoms with E-state index >= 15 is 0 Å². The van der Waals surface area contributed by atoms with Crippen molar-refractivity contribution in [2.75, 3.05) is 7.05 Å². The summed E-state index contributed by atoms with van der Waals surface area (Å²) in [6, 6.07) is 0. The number of rotatable bonds is 4. The first-order valence-corrected chi connectivity index (χ1v) is 3.93. The van der Waals surface area contributed by atoms with E-state index in [-0.39, 0.29) is 5.76 Å². The minimum Gasteiger partial charge on any atom is -0.508 e. The number of allylic oxidation sites excluding steroid dienone is 2. The highest BCUT2D eigenvalue weighted by Crippen LogP contribution is 2.09. The molecule has 0 saturated carbocycles. The molecule has 0 unspecified atom stereocenters. The number of aliphatic hydroxyl groups excluding tert-OH is 1. The lowest BCUT2D eigenvalue weighted by atomic mass is 10.1. The van der Waals surface area contributed by atoms with Crippen molar-refractivity contribution in [1.29, 1.82) is 0 Å². The van der Waals surface area contributed by atoms with Gasteiger partial charge < -0.3 is 10.5 Å². The van der Waals surface area contributed by atoms with Crippen LogP contribution in [0.15, 0.2) is 29.1 Å². The van der Waals surface area contributed by atoms with Gasteiger partial charge in [0.1, 0.15) is 5.76 Å². The molecule has 0 radical (unpaired) electrons. The minimum atomic E-state index is 0.203. The average Bonchev–Trinajstić information content (AvgIpc) is 2.06. The maximum absolute atomic E-state index is 9.37. The molecule has 3 heteroatoms. The molecule has 0 aromatic rings. The van der Waals surface area contributed by atoms with Gasteiger partial charge in [-0.2, -0.15) is 5.10 Å². The molecule has 0 atom stereocenters. The van der Waals surface area contributed by atoms with Crippen molar-refractivity contribution in [3.05, 3.63) is 24.0 Å². The molecule has 0 spiro atoms. The highest BCUT2D eigenvalue weighted by molar-refractivity contribution is 5.98. The summed E-state index contributed by atoms with van der Waals surface area (Å²) in [5.74, 6) is 0.203. The zero-order valence-corrected chi connectivity index (χ0v) is 7.89. The van der Waals surface area contributed by atoms with Crippen molar-refractivity contribution >= 4 is 5.71 Å². The lowest BCUT2D eigenvalue weighted by molar-refractivity contribution is 0.427. The van der Waals surface area contributed by atoms with Crippen LogP contribution in [0, 0.1) is 0 Å². The number of hydrogen-bond acceptors (Lipinski definition) is 3. The van der Waals surface area contributed by atoms with E-state index in [1.165, 1.54) is 6.08 Å². The normalized spacial score (nSPS) is 13.8. The van der Waals surface area contributed by atoms with Gasteiger partial charge in [0.2, 0.25) is 0 Å². The van der Waals surface area contributed by atoms with E-state index in [0.29, 0.717) is 0 Å². The van der Waals surface area contributed by atoms with Crippen LogP contribution in [0.25, 0.3) is 0 Å². The highest BCUT2D eigenvalue weighted by atomic mass is 16.3. The molecule has 0 aromatic heterocycles. The van der Waals surface area contributed by atoms with E-state index in [0.717, 1.165) is 17.7 Å². The van der Waals surface area contributed by atoms with Crippen molar-refractivity contribution < 1.29 is 5.11 Å². The third kappa shape index (κ3) is 2.78. The molecule has 0 rings (SSSR count). The molecule has 12 heavy (non-hydrogen) atoms. The van der Waals surface area contributed by atoms with E-state index in [4.69, 9.17) is 0 Å². The van der Waals surface area contributed by atoms with Gasteiger partial charge in [0.15, 0.2) is 0 Å². The lowest BCUT2D eigenvalue weighted by Gasteiger charge is -2.04. The van der Waals surface area contributed by atoms with Gasteiger partial charge in [-0.05, 0) is 19.4 Å². The molecule has 0 heterocycles. The Hall–Kier alpha value is -1.25. The van der Waals surface area contributed by atoms with Crippen molar-refractivity contribution in [2.24, 2.45) is 5.10 Å². The van der Waals surface area contributed by atoms with Crippen LogP contribution in [0.1, 0.15) is 20.3 Å². The molecular weight excluding hydrogens is 152 g/mol. The predicted octanol–water partition coefficient (Wildman–Crippen LogP) is 1.99. The maximum atomic E-state index is 9.37. The topological polar surface area (TPSA) is 44.6 Å². The molecule has 0 aliphatic carbocycles. The summed E-state index contributed by atoms with van der Waals surface area (Å²) in [7, 11) is 1.72. The maximum Gasteiger partial charge on any atom is 0.120 e. The van der Waals surface area contributed by atoms with E-state index < -0.39 is 0 Å². The summed E-state index contributed by atoms with van der Waals surface area (Å²) in [6.07, 6.45) is 2.17. The number of aliphatic hydroxyl groups is 1. The van der Waals surface area contributed by atoms with Gasteiger partial charge in [0.05, 0.1) is 5.71 Å². The van der Waals surface area contributed by atoms with E-state index in [2.05, 4.69) is 17.1 Å². The minimum absolute atomic E-state index is 0.203. The van der Waals surface area contributed by atoms with Crippen LogP contribution in [0.3, 0.4) is 0 Å². The Morgan fingerprint density at radius 1 is 1.67 bits per heavy atom. The van der Waals surface area contributed by atoms with E-state index in [9.17, 15) is 5.11 Å². The average molecular weight is 168 g/mol. The quantitative estimate of drug-likeness (QED) is 0.292. The van der Waals surface area contributed by atoms with Crippen molar-refractivity contribution in [3.63, 3.8) is 0 Å². The van der Waals surface area contributed by atoms with E-state index in [1.54, 1.807) is 7.05 Å². The van der Waals surface area contributed by atoms with Crippen molar-refractivity contribution in [2.45, 2.75) is 20.3 Å². The Balaban J connectivity index is 4.78. The fourth-order valence-electron chi connectivity index (χ4n) is 0.981. The molecule has 0 aliphatic heterocycles. The monoisotopic (exact) mass is 168 g/mol. The number of hydrogen-bond donors (Lipinski definition) is 2. The van der Waals surface area contributed by atoms with Crippen LogP contribution in [0.4, 0.5) is 0 Å². The van der Waals surface area contributed by atoms with Gasteiger partial charge in [0, 0.05) is 12.6 Å². The molecule has 0 bridgehead atoms. The lowest BCUT2D eigenvalue weighted by Crippen LogP contribution is -2.06. The van der Waals surface area contributed by atoms with Crippen molar-refractivity contribution in [3.8, 4) is 0 Å². The largest absolute Gasteiger partial charge is 0.508 e. The predicted molar refractivity (Wildman–Crippen MR) is 52.3 cm³/mol. The summed E-state index contributed by atoms with van der Waals surface area (Å²) in [4.78, 5) is 0. The molecule has 2 N–H and O–H groups in total. The fourth-order valence-corrected chi connectivity index (χ4v) is 0.981. The first kappa shape index (κ1) is 10.8. The Bertz CT molecular complexity index is 217. The first-order valence-electron chi connectivity index (χ1n) is 3.93. The van der Waals surface area contributed by atoms with Gasteiger partial charge in [-0.25, -0.2) is 0 Å². The molecule has 0 aromatic carbocycles. The van der Waals surface area contributed by atoms with Crippen molar-refractivity contribution in [1.82, 2.24) is 5.43 Å². The summed E-state index contributed by atoms with van der Waals surface area (Å²) >= 11 is 0. The summed E-state index contributed by atoms with van der Waals surface area (Å²) in [6.45, 7) is 7.29. The van der Waals surface area contributed by atoms with Gasteiger partial charge in [-0.15, -0.1) is 0 Å². The van der Waals surface area contributed by atoms with Gasteiger partial charge in [0.25, 0.3) is 0 Å². The van der Waals surface area contributed by atoms with Crippen LogP contribution in [-0.4, -0.2) is 17.9 Å². The molecule has 68 valence electrons. The first-order chi connectivity index (χ1) is 5.67. The summed E-state index contributed by atoms with van der Waals surface area (Å²) in [5, 5.41) is 13.3. The molecule has 3 nitrogen and oxygen atoms in total. The Morgan fingerprint density at radius 2 is 2.25 bits per heavy atom. The second-order valence-electron chi connectivity index (χ2n) is 2.34. The fraction of sp³-hybridized carbons (Fsp3) is 0.444. The Kier molecular flexibility index (Phi) is 4.84. The molecule has 0 amide bonds. The smallest absolute Gasteiger partial charge is 0.120 e. The summed E-state index contributed by atoms with van der Waals surface area (Å²) < 4.78 is 0. The molecule has 0 saturated heterocycles. The standard InChI is InChI=1S/C9H16N2O/c1-5-8(9(12)6-2)7(3)11-10-4/h6,10,12H,2,5H2,1,3-4H3/b9-8-,11-7+. The molecular formula is C9H16N2O. The van der Waals surface area contributed by atoms with Crippen LogP contribution in [0.5, 0.6) is 0 Å². The van der Waals surface area contributed by atoms with Crippen LogP contribution in [0.2, 0.25) is 0 Å². The third-order valence-electron chi connectivity index (χ3n) is 1.57. The van der Waals surface area contributed by atoms with Crippen LogP contribution < -0.4 is 5.43 Å². The molecule has 0 aliphatic rings. The summed E-state index contributed by atoms with van der Waals surface area (Å²) in [5.41, 5.74) is 4.28. The zero-order valence-electron chi connectivity index (χ0n) is 7.89. The Morgan fingerprint density at radius 3 is 2.58 bits per heavy atom. The number of hydrazone groups is 1. The SMILES string of the molecule is C=C/C(O)=C(CC)/C(C)=N/NC.